The van der Waals surface area contributed by atoms with Crippen LogP contribution in [0.3, 0.4) is 0 Å². The summed E-state index contributed by atoms with van der Waals surface area (Å²) in [7, 11) is 3.17. The van der Waals surface area contributed by atoms with E-state index in [0.29, 0.717) is 40.4 Å². The number of fused-ring (bicyclic) bond motifs is 1. The Morgan fingerprint density at radius 1 is 0.909 bits per heavy atom. The molecule has 0 atom stereocenters. The Morgan fingerprint density at radius 2 is 1.70 bits per heavy atom. The molecule has 1 aromatic heterocycles. The molecule has 4 rings (SSSR count). The molecule has 2 aromatic carbocycles. The molecule has 0 saturated carbocycles. The minimum absolute atomic E-state index is 0.157. The SMILES string of the molecule is COc1ccc(-c2oc3ccccc3c(=O)c2OCCCCCN2CCCCC2)cc1OC. The quantitative estimate of drug-likeness (QED) is 0.379. The maximum absolute atomic E-state index is 13.3. The molecule has 0 spiro atoms. The van der Waals surface area contributed by atoms with E-state index in [0.717, 1.165) is 25.8 Å². The van der Waals surface area contributed by atoms with Gasteiger partial charge in [0.1, 0.15) is 5.58 Å². The third-order valence-electron chi connectivity index (χ3n) is 6.22. The van der Waals surface area contributed by atoms with E-state index in [4.69, 9.17) is 18.6 Å². The molecule has 0 unspecified atom stereocenters. The second kappa shape index (κ2) is 11.2. The number of para-hydroxylation sites is 1. The van der Waals surface area contributed by atoms with E-state index in [1.54, 1.807) is 38.5 Å². The number of ether oxygens (including phenoxy) is 3. The number of likely N-dealkylation sites (tertiary alicyclic amines) is 1. The Labute approximate surface area is 195 Å². The number of nitrogens with zero attached hydrogens (tertiary/aromatic N) is 1. The van der Waals surface area contributed by atoms with Gasteiger partial charge in [0.05, 0.1) is 26.2 Å². The van der Waals surface area contributed by atoms with E-state index in [2.05, 4.69) is 4.90 Å². The van der Waals surface area contributed by atoms with Crippen molar-refractivity contribution >= 4 is 11.0 Å². The van der Waals surface area contributed by atoms with Crippen molar-refractivity contribution in [1.82, 2.24) is 4.90 Å². The van der Waals surface area contributed by atoms with Gasteiger partial charge < -0.3 is 23.5 Å². The first-order chi connectivity index (χ1) is 16.2. The van der Waals surface area contributed by atoms with Crippen LogP contribution in [-0.2, 0) is 0 Å². The normalized spacial score (nSPS) is 14.4. The van der Waals surface area contributed by atoms with Crippen LogP contribution in [0.1, 0.15) is 38.5 Å². The first kappa shape index (κ1) is 23.2. The summed E-state index contributed by atoms with van der Waals surface area (Å²) in [5.41, 5.74) is 1.08. The van der Waals surface area contributed by atoms with Crippen molar-refractivity contribution in [3.05, 3.63) is 52.7 Å². The first-order valence-electron chi connectivity index (χ1n) is 11.8. The highest BCUT2D eigenvalue weighted by Gasteiger charge is 2.19. The van der Waals surface area contributed by atoms with E-state index in [9.17, 15) is 4.79 Å². The molecule has 2 heterocycles. The van der Waals surface area contributed by atoms with Gasteiger partial charge in [-0.1, -0.05) is 18.6 Å². The number of unbranched alkanes of at least 4 members (excludes halogenated alkanes) is 2. The molecule has 0 aliphatic carbocycles. The van der Waals surface area contributed by atoms with Gasteiger partial charge in [-0.2, -0.15) is 0 Å². The third-order valence-corrected chi connectivity index (χ3v) is 6.22. The fourth-order valence-corrected chi connectivity index (χ4v) is 4.40. The molecular weight excluding hydrogens is 418 g/mol. The molecule has 0 radical (unpaired) electrons. The van der Waals surface area contributed by atoms with Crippen molar-refractivity contribution in [2.75, 3.05) is 40.5 Å². The lowest BCUT2D eigenvalue weighted by Gasteiger charge is -2.26. The summed E-state index contributed by atoms with van der Waals surface area (Å²) in [5, 5.41) is 0.516. The Kier molecular flexibility index (Phi) is 7.89. The highest BCUT2D eigenvalue weighted by atomic mass is 16.5. The zero-order chi connectivity index (χ0) is 23.0. The van der Waals surface area contributed by atoms with Gasteiger partial charge in [0.25, 0.3) is 0 Å². The smallest absolute Gasteiger partial charge is 0.235 e. The van der Waals surface area contributed by atoms with Crippen LogP contribution in [0.25, 0.3) is 22.3 Å². The lowest BCUT2D eigenvalue weighted by Crippen LogP contribution is -2.30. The molecule has 1 saturated heterocycles. The van der Waals surface area contributed by atoms with Gasteiger partial charge in [-0.3, -0.25) is 4.79 Å². The predicted octanol–water partition coefficient (Wildman–Crippen LogP) is 5.51. The molecule has 0 amide bonds. The lowest BCUT2D eigenvalue weighted by molar-refractivity contribution is 0.220. The fraction of sp³-hybridized carbons (Fsp3) is 0.444. The number of methoxy groups -OCH3 is 2. The second-order valence-corrected chi connectivity index (χ2v) is 8.47. The maximum atomic E-state index is 13.3. The minimum Gasteiger partial charge on any atom is -0.493 e. The van der Waals surface area contributed by atoms with E-state index >= 15 is 0 Å². The van der Waals surface area contributed by atoms with Crippen molar-refractivity contribution in [1.29, 1.82) is 0 Å². The highest BCUT2D eigenvalue weighted by molar-refractivity contribution is 5.82. The van der Waals surface area contributed by atoms with Crippen LogP contribution in [0.4, 0.5) is 0 Å². The van der Waals surface area contributed by atoms with Crippen LogP contribution in [-0.4, -0.2) is 45.4 Å². The molecule has 1 fully saturated rings. The largest absolute Gasteiger partial charge is 0.493 e. The van der Waals surface area contributed by atoms with Crippen LogP contribution < -0.4 is 19.6 Å². The van der Waals surface area contributed by atoms with Crippen LogP contribution in [0.2, 0.25) is 0 Å². The van der Waals surface area contributed by atoms with Crippen molar-refractivity contribution < 1.29 is 18.6 Å². The number of benzene rings is 2. The molecule has 33 heavy (non-hydrogen) atoms. The molecule has 6 nitrogen and oxygen atoms in total. The van der Waals surface area contributed by atoms with Crippen LogP contribution in [0, 0.1) is 0 Å². The summed E-state index contributed by atoms with van der Waals surface area (Å²) >= 11 is 0. The standard InChI is InChI=1S/C27H33NO5/c1-30-23-14-13-20(19-24(23)31-2)26-27(25(29)21-11-5-6-12-22(21)33-26)32-18-10-4-9-17-28-15-7-3-8-16-28/h5-6,11-14,19H,3-4,7-10,15-18H2,1-2H3. The van der Waals surface area contributed by atoms with Gasteiger partial charge in [-0.15, -0.1) is 0 Å². The highest BCUT2D eigenvalue weighted by Crippen LogP contribution is 2.36. The first-order valence-corrected chi connectivity index (χ1v) is 11.8. The Hall–Kier alpha value is -2.99. The number of hydrogen-bond acceptors (Lipinski definition) is 6. The molecular formula is C27H33NO5. The van der Waals surface area contributed by atoms with E-state index in [1.807, 2.05) is 18.2 Å². The topological polar surface area (TPSA) is 61.1 Å². The summed E-state index contributed by atoms with van der Waals surface area (Å²) in [6.45, 7) is 4.07. The molecule has 1 aliphatic heterocycles. The summed E-state index contributed by atoms with van der Waals surface area (Å²) < 4.78 is 23.0. The molecule has 176 valence electrons. The van der Waals surface area contributed by atoms with E-state index in [-0.39, 0.29) is 11.2 Å². The average molecular weight is 452 g/mol. The predicted molar refractivity (Wildman–Crippen MR) is 131 cm³/mol. The second-order valence-electron chi connectivity index (χ2n) is 8.47. The summed E-state index contributed by atoms with van der Waals surface area (Å²) in [6, 6.07) is 12.7. The molecule has 0 bridgehead atoms. The number of hydrogen-bond donors (Lipinski definition) is 0. The van der Waals surface area contributed by atoms with Crippen molar-refractivity contribution in [2.45, 2.75) is 38.5 Å². The minimum atomic E-state index is -0.157. The van der Waals surface area contributed by atoms with Crippen LogP contribution in [0.5, 0.6) is 17.2 Å². The third kappa shape index (κ3) is 5.50. The summed E-state index contributed by atoms with van der Waals surface area (Å²) in [4.78, 5) is 15.8. The van der Waals surface area contributed by atoms with Crippen molar-refractivity contribution in [2.24, 2.45) is 0 Å². The monoisotopic (exact) mass is 451 g/mol. The van der Waals surface area contributed by atoms with Gasteiger partial charge in [-0.25, -0.2) is 0 Å². The Bertz CT molecular complexity index is 1120. The number of rotatable bonds is 10. The van der Waals surface area contributed by atoms with Gasteiger partial charge >= 0.3 is 0 Å². The fourth-order valence-electron chi connectivity index (χ4n) is 4.40. The van der Waals surface area contributed by atoms with Gasteiger partial charge in [0, 0.05) is 5.56 Å². The zero-order valence-corrected chi connectivity index (χ0v) is 19.6. The molecule has 6 heteroatoms. The van der Waals surface area contributed by atoms with Crippen molar-refractivity contribution in [3.63, 3.8) is 0 Å². The Morgan fingerprint density at radius 3 is 2.48 bits per heavy atom. The molecule has 0 N–H and O–H groups in total. The van der Waals surface area contributed by atoms with Gasteiger partial charge in [0.2, 0.25) is 11.2 Å². The summed E-state index contributed by atoms with van der Waals surface area (Å²) in [5.74, 6) is 1.83. The maximum Gasteiger partial charge on any atom is 0.235 e. The Balaban J connectivity index is 1.51. The van der Waals surface area contributed by atoms with Gasteiger partial charge in [-0.05, 0) is 82.1 Å². The van der Waals surface area contributed by atoms with E-state index in [1.165, 1.54) is 32.4 Å². The van der Waals surface area contributed by atoms with Crippen LogP contribution in [0.15, 0.2) is 51.7 Å². The van der Waals surface area contributed by atoms with Crippen molar-refractivity contribution in [3.8, 4) is 28.6 Å². The summed E-state index contributed by atoms with van der Waals surface area (Å²) in [6.07, 6.45) is 7.12. The lowest BCUT2D eigenvalue weighted by atomic mass is 10.1. The zero-order valence-electron chi connectivity index (χ0n) is 19.6. The number of piperidine rings is 1. The van der Waals surface area contributed by atoms with E-state index < -0.39 is 0 Å². The van der Waals surface area contributed by atoms with Gasteiger partial charge in [0.15, 0.2) is 17.3 Å². The average Bonchev–Trinajstić information content (AvgIpc) is 2.87. The molecule has 1 aliphatic rings. The molecule has 3 aromatic rings. The van der Waals surface area contributed by atoms with Crippen LogP contribution >= 0.6 is 0 Å².